The topological polar surface area (TPSA) is 58.6 Å². The maximum absolute atomic E-state index is 13.8. The van der Waals surface area contributed by atoms with Gasteiger partial charge >= 0.3 is 0 Å². The number of benzene rings is 3. The van der Waals surface area contributed by atoms with E-state index in [2.05, 4.69) is 5.32 Å². The number of carbonyl (C=O) groups excluding carboxylic acids is 2. The van der Waals surface area contributed by atoms with E-state index in [1.54, 1.807) is 17.0 Å². The highest BCUT2D eigenvalue weighted by molar-refractivity contribution is 6.32. The van der Waals surface area contributed by atoms with Crippen molar-refractivity contribution in [1.82, 2.24) is 10.2 Å². The first-order valence-corrected chi connectivity index (χ1v) is 13.4. The first-order chi connectivity index (χ1) is 18.0. The van der Waals surface area contributed by atoms with Crippen LogP contribution in [0.25, 0.3) is 0 Å². The molecular formula is C31H35ClN2O3. The highest BCUT2D eigenvalue weighted by atomic mass is 35.5. The molecule has 3 aromatic carbocycles. The Hall–Kier alpha value is -3.31. The number of aryl methyl sites for hydroxylation is 1. The molecular weight excluding hydrogens is 484 g/mol. The molecule has 0 aromatic heterocycles. The SMILES string of the molecule is Cc1cccc(CN(C(=O)COc2ccccc2Cl)C(Cc2ccccc2)C(=O)NC2CCCCC2)c1. The number of hydrogen-bond donors (Lipinski definition) is 1. The number of carbonyl (C=O) groups is 2. The highest BCUT2D eigenvalue weighted by Gasteiger charge is 2.32. The lowest BCUT2D eigenvalue weighted by Crippen LogP contribution is -2.53. The van der Waals surface area contributed by atoms with Gasteiger partial charge in [-0.2, -0.15) is 0 Å². The fourth-order valence-electron chi connectivity index (χ4n) is 4.89. The molecule has 0 radical (unpaired) electrons. The van der Waals surface area contributed by atoms with E-state index in [9.17, 15) is 9.59 Å². The summed E-state index contributed by atoms with van der Waals surface area (Å²) < 4.78 is 5.82. The number of rotatable bonds is 10. The third-order valence-electron chi connectivity index (χ3n) is 6.85. The maximum Gasteiger partial charge on any atom is 0.261 e. The predicted octanol–water partition coefficient (Wildman–Crippen LogP) is 6.12. The second kappa shape index (κ2) is 13.3. The number of para-hydroxylation sites is 1. The van der Waals surface area contributed by atoms with Gasteiger partial charge in [-0.15, -0.1) is 0 Å². The molecule has 3 aromatic rings. The van der Waals surface area contributed by atoms with Crippen LogP contribution in [0.4, 0.5) is 0 Å². The van der Waals surface area contributed by atoms with Crippen molar-refractivity contribution in [3.8, 4) is 5.75 Å². The predicted molar refractivity (Wildman–Crippen MR) is 148 cm³/mol. The zero-order valence-electron chi connectivity index (χ0n) is 21.4. The number of halogens is 1. The number of nitrogens with one attached hydrogen (secondary N) is 1. The first-order valence-electron chi connectivity index (χ1n) is 13.1. The molecule has 1 N–H and O–H groups in total. The van der Waals surface area contributed by atoms with Gasteiger partial charge in [0.15, 0.2) is 6.61 Å². The average Bonchev–Trinajstić information content (AvgIpc) is 2.91. The van der Waals surface area contributed by atoms with Crippen LogP contribution in [0.5, 0.6) is 5.75 Å². The summed E-state index contributed by atoms with van der Waals surface area (Å²) in [5.41, 5.74) is 3.07. The number of ether oxygens (including phenoxy) is 1. The molecule has 0 aliphatic heterocycles. The highest BCUT2D eigenvalue weighted by Crippen LogP contribution is 2.24. The molecule has 6 heteroatoms. The number of hydrogen-bond acceptors (Lipinski definition) is 3. The molecule has 37 heavy (non-hydrogen) atoms. The summed E-state index contributed by atoms with van der Waals surface area (Å²) in [4.78, 5) is 29.2. The fourth-order valence-corrected chi connectivity index (χ4v) is 5.08. The molecule has 194 valence electrons. The van der Waals surface area contributed by atoms with Crippen molar-refractivity contribution in [3.05, 3.63) is 101 Å². The van der Waals surface area contributed by atoms with E-state index in [1.807, 2.05) is 73.7 Å². The molecule has 1 aliphatic rings. The summed E-state index contributed by atoms with van der Waals surface area (Å²) in [5, 5.41) is 3.70. The Morgan fingerprint density at radius 1 is 0.946 bits per heavy atom. The summed E-state index contributed by atoms with van der Waals surface area (Å²) in [6, 6.07) is 24.4. The maximum atomic E-state index is 13.8. The van der Waals surface area contributed by atoms with Crippen LogP contribution in [0.2, 0.25) is 5.02 Å². The molecule has 0 heterocycles. The molecule has 1 atom stereocenters. The largest absolute Gasteiger partial charge is 0.482 e. The molecule has 2 amide bonds. The summed E-state index contributed by atoms with van der Waals surface area (Å²) >= 11 is 6.25. The molecule has 0 spiro atoms. The van der Waals surface area contributed by atoms with Crippen LogP contribution >= 0.6 is 11.6 Å². The van der Waals surface area contributed by atoms with Crippen molar-refractivity contribution >= 4 is 23.4 Å². The van der Waals surface area contributed by atoms with Crippen LogP contribution < -0.4 is 10.1 Å². The van der Waals surface area contributed by atoms with Crippen LogP contribution in [0.3, 0.4) is 0 Å². The van der Waals surface area contributed by atoms with Crippen LogP contribution in [-0.2, 0) is 22.6 Å². The lowest BCUT2D eigenvalue weighted by atomic mass is 9.94. The van der Waals surface area contributed by atoms with Crippen molar-refractivity contribution in [2.45, 2.75) is 64.1 Å². The van der Waals surface area contributed by atoms with Crippen LogP contribution in [0.1, 0.15) is 48.8 Å². The quantitative estimate of drug-likeness (QED) is 0.352. The van der Waals surface area contributed by atoms with Gasteiger partial charge in [0, 0.05) is 19.0 Å². The number of nitrogens with zero attached hydrogens (tertiary/aromatic N) is 1. The molecule has 1 unspecified atom stereocenters. The lowest BCUT2D eigenvalue weighted by molar-refractivity contribution is -0.143. The minimum atomic E-state index is -0.674. The second-order valence-electron chi connectivity index (χ2n) is 9.78. The van der Waals surface area contributed by atoms with Crippen LogP contribution in [0.15, 0.2) is 78.9 Å². The summed E-state index contributed by atoms with van der Waals surface area (Å²) in [6.45, 7) is 2.12. The van der Waals surface area contributed by atoms with Gasteiger partial charge < -0.3 is 15.0 Å². The second-order valence-corrected chi connectivity index (χ2v) is 10.2. The number of amides is 2. The van der Waals surface area contributed by atoms with Gasteiger partial charge in [0.1, 0.15) is 11.8 Å². The van der Waals surface area contributed by atoms with E-state index in [1.165, 1.54) is 6.42 Å². The van der Waals surface area contributed by atoms with E-state index < -0.39 is 6.04 Å². The smallest absolute Gasteiger partial charge is 0.261 e. The molecule has 0 bridgehead atoms. The zero-order valence-corrected chi connectivity index (χ0v) is 22.1. The van der Waals surface area contributed by atoms with Crippen molar-refractivity contribution in [2.75, 3.05) is 6.61 Å². The van der Waals surface area contributed by atoms with Gasteiger partial charge in [-0.1, -0.05) is 103 Å². The van der Waals surface area contributed by atoms with Crippen molar-refractivity contribution in [2.24, 2.45) is 0 Å². The van der Waals surface area contributed by atoms with Gasteiger partial charge in [-0.25, -0.2) is 0 Å². The molecule has 1 aliphatic carbocycles. The molecule has 0 saturated heterocycles. The summed E-state index contributed by atoms with van der Waals surface area (Å²) in [6.07, 6.45) is 5.81. The zero-order chi connectivity index (χ0) is 26.0. The van der Waals surface area contributed by atoms with E-state index in [0.717, 1.165) is 42.4 Å². The van der Waals surface area contributed by atoms with E-state index >= 15 is 0 Å². The Bertz CT molecular complexity index is 1180. The van der Waals surface area contributed by atoms with E-state index in [-0.39, 0.29) is 24.5 Å². The van der Waals surface area contributed by atoms with Gasteiger partial charge in [0.25, 0.3) is 5.91 Å². The van der Waals surface area contributed by atoms with Gasteiger partial charge in [-0.3, -0.25) is 9.59 Å². The Morgan fingerprint density at radius 3 is 2.38 bits per heavy atom. The lowest BCUT2D eigenvalue weighted by Gasteiger charge is -2.33. The van der Waals surface area contributed by atoms with E-state index in [0.29, 0.717) is 23.7 Å². The Morgan fingerprint density at radius 2 is 1.65 bits per heavy atom. The molecule has 4 rings (SSSR count). The summed E-state index contributed by atoms with van der Waals surface area (Å²) in [7, 11) is 0. The van der Waals surface area contributed by atoms with Crippen molar-refractivity contribution < 1.29 is 14.3 Å². The Kier molecular flexibility index (Phi) is 9.61. The fraction of sp³-hybridized carbons (Fsp3) is 0.355. The minimum absolute atomic E-state index is 0.116. The third-order valence-corrected chi connectivity index (χ3v) is 7.16. The molecule has 1 fully saturated rings. The van der Waals surface area contributed by atoms with Gasteiger partial charge in [-0.05, 0) is 43.0 Å². The van der Waals surface area contributed by atoms with Gasteiger partial charge in [0.05, 0.1) is 5.02 Å². The minimum Gasteiger partial charge on any atom is -0.482 e. The molecule has 1 saturated carbocycles. The van der Waals surface area contributed by atoms with Crippen molar-refractivity contribution in [1.29, 1.82) is 0 Å². The standard InChI is InChI=1S/C31H35ClN2O3/c1-23-11-10-14-25(19-23)21-34(30(35)22-37-29-18-9-8-17-27(29)32)28(20-24-12-4-2-5-13-24)31(36)33-26-15-6-3-7-16-26/h2,4-5,8-14,17-19,26,28H,3,6-7,15-16,20-22H2,1H3,(H,33,36). The van der Waals surface area contributed by atoms with Crippen LogP contribution in [0, 0.1) is 6.92 Å². The monoisotopic (exact) mass is 518 g/mol. The van der Waals surface area contributed by atoms with Gasteiger partial charge in [0.2, 0.25) is 5.91 Å². The molecule has 5 nitrogen and oxygen atoms in total. The van der Waals surface area contributed by atoms with E-state index in [4.69, 9.17) is 16.3 Å². The van der Waals surface area contributed by atoms with Crippen molar-refractivity contribution in [3.63, 3.8) is 0 Å². The Balaban J connectivity index is 1.62. The first kappa shape index (κ1) is 26.7. The average molecular weight is 519 g/mol. The normalized spacial score (nSPS) is 14.5. The summed E-state index contributed by atoms with van der Waals surface area (Å²) in [5.74, 6) is 0.0648. The Labute approximate surface area is 224 Å². The third kappa shape index (κ3) is 7.83. The van der Waals surface area contributed by atoms with Crippen LogP contribution in [-0.4, -0.2) is 35.4 Å².